The molecule has 29 heavy (non-hydrogen) atoms. The summed E-state index contributed by atoms with van der Waals surface area (Å²) in [5.41, 5.74) is 0.758. The van der Waals surface area contributed by atoms with Crippen LogP contribution in [0.25, 0.3) is 6.08 Å². The lowest BCUT2D eigenvalue weighted by atomic mass is 10.0. The Balaban J connectivity index is 1.93. The van der Waals surface area contributed by atoms with Crippen molar-refractivity contribution in [1.82, 2.24) is 4.57 Å². The molecule has 0 N–H and O–H groups in total. The average molecular weight is 429 g/mol. The summed E-state index contributed by atoms with van der Waals surface area (Å²) in [6.45, 7) is 7.24. The fraction of sp³-hybridized carbons (Fsp3) is 0.286. The number of hydrogen-bond donors (Lipinski definition) is 0. The van der Waals surface area contributed by atoms with E-state index in [0.29, 0.717) is 26.4 Å². The maximum atomic E-state index is 13.3. The van der Waals surface area contributed by atoms with Gasteiger partial charge in [-0.2, -0.15) is 0 Å². The number of carbonyl (C=O) groups is 1. The molecule has 1 atom stereocenters. The molecule has 1 aliphatic heterocycles. The fourth-order valence-corrected chi connectivity index (χ4v) is 5.09. The van der Waals surface area contributed by atoms with E-state index in [0.717, 1.165) is 10.6 Å². The number of furan rings is 1. The van der Waals surface area contributed by atoms with Crippen LogP contribution in [0.5, 0.6) is 0 Å². The lowest BCUT2D eigenvalue weighted by Crippen LogP contribution is -2.39. The van der Waals surface area contributed by atoms with Crippen LogP contribution < -0.4 is 14.9 Å². The number of aromatic nitrogens is 1. The molecule has 0 saturated heterocycles. The van der Waals surface area contributed by atoms with Crippen molar-refractivity contribution < 1.29 is 13.9 Å². The molecule has 1 unspecified atom stereocenters. The van der Waals surface area contributed by atoms with Crippen LogP contribution in [-0.4, -0.2) is 16.6 Å². The van der Waals surface area contributed by atoms with Crippen LogP contribution in [0.3, 0.4) is 0 Å². The monoisotopic (exact) mass is 428 g/mol. The Morgan fingerprint density at radius 2 is 2.10 bits per heavy atom. The number of fused-ring (bicyclic) bond motifs is 1. The molecule has 1 aliphatic rings. The van der Waals surface area contributed by atoms with Gasteiger partial charge in [0, 0.05) is 11.0 Å². The molecule has 0 saturated carbocycles. The van der Waals surface area contributed by atoms with Crippen LogP contribution in [0.4, 0.5) is 0 Å². The average Bonchev–Trinajstić information content (AvgIpc) is 3.36. The highest BCUT2D eigenvalue weighted by Gasteiger charge is 2.34. The second kappa shape index (κ2) is 7.61. The van der Waals surface area contributed by atoms with Crippen molar-refractivity contribution in [2.75, 3.05) is 0 Å². The minimum absolute atomic E-state index is 0.205. The number of esters is 1. The Hall–Kier alpha value is -2.71. The molecule has 4 rings (SSSR count). The van der Waals surface area contributed by atoms with Crippen LogP contribution in [0.15, 0.2) is 55.1 Å². The summed E-state index contributed by atoms with van der Waals surface area (Å²) in [4.78, 5) is 32.2. The molecule has 0 aromatic carbocycles. The van der Waals surface area contributed by atoms with E-state index in [1.807, 2.05) is 36.6 Å². The molecule has 4 heterocycles. The zero-order valence-electron chi connectivity index (χ0n) is 16.5. The van der Waals surface area contributed by atoms with E-state index in [9.17, 15) is 9.59 Å². The molecule has 3 aromatic rings. The highest BCUT2D eigenvalue weighted by molar-refractivity contribution is 7.10. The number of hydrogen-bond acceptors (Lipinski definition) is 7. The number of thiazole rings is 1. The summed E-state index contributed by atoms with van der Waals surface area (Å²) in [7, 11) is 0. The van der Waals surface area contributed by atoms with Crippen molar-refractivity contribution >= 4 is 34.7 Å². The summed E-state index contributed by atoms with van der Waals surface area (Å²) < 4.78 is 13.1. The van der Waals surface area contributed by atoms with Crippen LogP contribution in [-0.2, 0) is 9.53 Å². The summed E-state index contributed by atoms with van der Waals surface area (Å²) in [5.74, 6) is 0.932. The van der Waals surface area contributed by atoms with Crippen molar-refractivity contribution in [2.45, 2.75) is 39.8 Å². The van der Waals surface area contributed by atoms with Crippen molar-refractivity contribution in [3.05, 3.63) is 77.0 Å². The second-order valence-corrected chi connectivity index (χ2v) is 8.99. The van der Waals surface area contributed by atoms with Gasteiger partial charge in [0.2, 0.25) is 0 Å². The number of aryl methyl sites for hydroxylation is 1. The van der Waals surface area contributed by atoms with Gasteiger partial charge < -0.3 is 9.15 Å². The van der Waals surface area contributed by atoms with Gasteiger partial charge in [-0.3, -0.25) is 9.36 Å². The Kier molecular flexibility index (Phi) is 5.14. The van der Waals surface area contributed by atoms with E-state index < -0.39 is 12.0 Å². The summed E-state index contributed by atoms with van der Waals surface area (Å²) in [6.07, 6.45) is 1.45. The first-order valence-electron chi connectivity index (χ1n) is 9.18. The van der Waals surface area contributed by atoms with E-state index in [1.54, 1.807) is 31.4 Å². The quantitative estimate of drug-likeness (QED) is 0.599. The Morgan fingerprint density at radius 3 is 2.72 bits per heavy atom. The molecule has 8 heteroatoms. The third kappa shape index (κ3) is 3.65. The molecular formula is C21H20N2O4S2. The van der Waals surface area contributed by atoms with Gasteiger partial charge in [0.05, 0.1) is 21.9 Å². The number of rotatable bonds is 4. The van der Waals surface area contributed by atoms with Crippen molar-refractivity contribution in [1.29, 1.82) is 0 Å². The third-order valence-electron chi connectivity index (χ3n) is 4.43. The molecule has 0 aliphatic carbocycles. The first kappa shape index (κ1) is 19.6. The van der Waals surface area contributed by atoms with Gasteiger partial charge >= 0.3 is 5.97 Å². The zero-order valence-corrected chi connectivity index (χ0v) is 18.1. The largest absolute Gasteiger partial charge is 0.462 e. The van der Waals surface area contributed by atoms with Gasteiger partial charge in [0.25, 0.3) is 5.56 Å². The molecule has 150 valence electrons. The Labute approximate surface area is 175 Å². The van der Waals surface area contributed by atoms with Gasteiger partial charge in [0.15, 0.2) is 4.80 Å². The first-order chi connectivity index (χ1) is 13.8. The highest BCUT2D eigenvalue weighted by atomic mass is 32.1. The van der Waals surface area contributed by atoms with Gasteiger partial charge in [-0.25, -0.2) is 9.79 Å². The minimum atomic E-state index is -0.557. The lowest BCUT2D eigenvalue weighted by Gasteiger charge is -2.24. The molecule has 0 radical (unpaired) electrons. The predicted molar refractivity (Wildman–Crippen MR) is 113 cm³/mol. The standard InChI is InChI=1S/C21H20N2O4S2/c1-11(2)26-20(25)17-13(4)22-21-23(18(17)15-6-5-9-28-15)19(24)16(29-21)10-14-8-7-12(3)27-14/h5-11,18H,1-4H3/b16-10+. The predicted octanol–water partition coefficient (Wildman–Crippen LogP) is 3.15. The van der Waals surface area contributed by atoms with E-state index in [4.69, 9.17) is 9.15 Å². The number of thiophene rings is 1. The Bertz CT molecular complexity index is 1270. The number of carbonyl (C=O) groups excluding carboxylic acids is 1. The molecule has 0 amide bonds. The zero-order chi connectivity index (χ0) is 20.7. The summed E-state index contributed by atoms with van der Waals surface area (Å²) >= 11 is 2.78. The second-order valence-electron chi connectivity index (χ2n) is 7.00. The van der Waals surface area contributed by atoms with E-state index in [-0.39, 0.29) is 11.7 Å². The minimum Gasteiger partial charge on any atom is -0.462 e. The number of nitrogens with zero attached hydrogens (tertiary/aromatic N) is 2. The smallest absolute Gasteiger partial charge is 0.338 e. The molecule has 0 spiro atoms. The number of allylic oxidation sites excluding steroid dienone is 1. The van der Waals surface area contributed by atoms with Gasteiger partial charge in [-0.15, -0.1) is 11.3 Å². The molecule has 0 bridgehead atoms. The third-order valence-corrected chi connectivity index (χ3v) is 6.34. The normalized spacial score (nSPS) is 16.9. The summed E-state index contributed by atoms with van der Waals surface area (Å²) in [6, 6.07) is 6.94. The molecule has 3 aromatic heterocycles. The summed E-state index contributed by atoms with van der Waals surface area (Å²) in [5, 5.41) is 1.93. The topological polar surface area (TPSA) is 73.8 Å². The van der Waals surface area contributed by atoms with Crippen LogP contribution in [0, 0.1) is 6.92 Å². The SMILES string of the molecule is CC1=C(C(=O)OC(C)C)C(c2cccs2)n2c(s/c(=C/c3ccc(C)o3)c2=O)=N1. The Morgan fingerprint density at radius 1 is 1.31 bits per heavy atom. The lowest BCUT2D eigenvalue weighted by molar-refractivity contribution is -0.143. The molecule has 6 nitrogen and oxygen atoms in total. The van der Waals surface area contributed by atoms with E-state index in [2.05, 4.69) is 4.99 Å². The van der Waals surface area contributed by atoms with Crippen molar-refractivity contribution in [3.8, 4) is 0 Å². The molecule has 0 fully saturated rings. The van der Waals surface area contributed by atoms with Gasteiger partial charge in [0.1, 0.15) is 17.6 Å². The van der Waals surface area contributed by atoms with E-state index >= 15 is 0 Å². The van der Waals surface area contributed by atoms with Gasteiger partial charge in [-0.1, -0.05) is 17.4 Å². The fourth-order valence-electron chi connectivity index (χ4n) is 3.24. The van der Waals surface area contributed by atoms with Crippen LogP contribution >= 0.6 is 22.7 Å². The maximum Gasteiger partial charge on any atom is 0.338 e. The van der Waals surface area contributed by atoms with Gasteiger partial charge in [-0.05, 0) is 51.3 Å². The van der Waals surface area contributed by atoms with E-state index in [1.165, 1.54) is 22.7 Å². The van der Waals surface area contributed by atoms with Crippen LogP contribution in [0.2, 0.25) is 0 Å². The van der Waals surface area contributed by atoms with Crippen molar-refractivity contribution in [3.63, 3.8) is 0 Å². The first-order valence-corrected chi connectivity index (χ1v) is 10.9. The number of ether oxygens (including phenoxy) is 1. The molecular weight excluding hydrogens is 408 g/mol. The van der Waals surface area contributed by atoms with Crippen LogP contribution in [0.1, 0.15) is 43.2 Å². The maximum absolute atomic E-state index is 13.3. The van der Waals surface area contributed by atoms with Crippen molar-refractivity contribution in [2.24, 2.45) is 4.99 Å². The highest BCUT2D eigenvalue weighted by Crippen LogP contribution is 2.33.